The van der Waals surface area contributed by atoms with Gasteiger partial charge in [-0.15, -0.1) is 0 Å². The van der Waals surface area contributed by atoms with Gasteiger partial charge >= 0.3 is 6.09 Å². The molecular formula is C17H18N2O3. The zero-order valence-electron chi connectivity index (χ0n) is 13.1. The Bertz CT molecular complexity index is 837. The van der Waals surface area contributed by atoms with Gasteiger partial charge in [-0.2, -0.15) is 0 Å². The normalized spacial score (nSPS) is 11.8. The molecule has 0 unspecified atom stereocenters. The lowest BCUT2D eigenvalue weighted by atomic mass is 10.1. The molecule has 0 spiro atoms. The maximum atomic E-state index is 12.4. The molecule has 0 aliphatic heterocycles. The van der Waals surface area contributed by atoms with Gasteiger partial charge in [-0.3, -0.25) is 4.57 Å². The van der Waals surface area contributed by atoms with Crippen molar-refractivity contribution in [2.45, 2.75) is 33.3 Å². The SMILES string of the molecule is Cc1ncc(-c2cn(C(=O)OC(C)(C)C)c3ccccc23)o1. The van der Waals surface area contributed by atoms with Gasteiger partial charge in [-0.25, -0.2) is 9.78 Å². The van der Waals surface area contributed by atoms with E-state index in [0.29, 0.717) is 11.7 Å². The second-order valence-corrected chi connectivity index (χ2v) is 6.15. The van der Waals surface area contributed by atoms with E-state index in [9.17, 15) is 4.79 Å². The van der Waals surface area contributed by atoms with Gasteiger partial charge in [0, 0.05) is 24.1 Å². The van der Waals surface area contributed by atoms with E-state index in [0.717, 1.165) is 16.5 Å². The Morgan fingerprint density at radius 3 is 2.64 bits per heavy atom. The molecule has 2 aromatic heterocycles. The molecule has 0 N–H and O–H groups in total. The first-order valence-electron chi connectivity index (χ1n) is 7.11. The lowest BCUT2D eigenvalue weighted by Gasteiger charge is -2.19. The molecule has 2 heterocycles. The number of aromatic nitrogens is 2. The summed E-state index contributed by atoms with van der Waals surface area (Å²) < 4.78 is 12.6. The van der Waals surface area contributed by atoms with Crippen LogP contribution < -0.4 is 0 Å². The Morgan fingerprint density at radius 2 is 2.00 bits per heavy atom. The Hall–Kier alpha value is -2.56. The molecule has 3 rings (SSSR count). The van der Waals surface area contributed by atoms with E-state index in [1.807, 2.05) is 45.0 Å². The molecule has 1 aromatic carbocycles. The van der Waals surface area contributed by atoms with Crippen molar-refractivity contribution < 1.29 is 13.9 Å². The van der Waals surface area contributed by atoms with Crippen molar-refractivity contribution in [3.05, 3.63) is 42.5 Å². The first kappa shape index (κ1) is 14.4. The van der Waals surface area contributed by atoms with E-state index in [4.69, 9.17) is 9.15 Å². The molecule has 114 valence electrons. The number of carbonyl (C=O) groups excluding carboxylic acids is 1. The predicted molar refractivity (Wildman–Crippen MR) is 83.8 cm³/mol. The highest BCUT2D eigenvalue weighted by Gasteiger charge is 2.21. The monoisotopic (exact) mass is 298 g/mol. The van der Waals surface area contributed by atoms with Gasteiger partial charge in [0.15, 0.2) is 11.7 Å². The minimum absolute atomic E-state index is 0.411. The molecule has 5 nitrogen and oxygen atoms in total. The van der Waals surface area contributed by atoms with Gasteiger partial charge < -0.3 is 9.15 Å². The van der Waals surface area contributed by atoms with E-state index >= 15 is 0 Å². The second kappa shape index (κ2) is 5.02. The average Bonchev–Trinajstić information content (AvgIpc) is 3.00. The molecule has 0 saturated heterocycles. The molecule has 3 aromatic rings. The number of benzene rings is 1. The maximum Gasteiger partial charge on any atom is 0.419 e. The van der Waals surface area contributed by atoms with Crippen molar-refractivity contribution in [3.8, 4) is 11.3 Å². The summed E-state index contributed by atoms with van der Waals surface area (Å²) in [7, 11) is 0. The van der Waals surface area contributed by atoms with E-state index in [-0.39, 0.29) is 0 Å². The number of ether oxygens (including phenoxy) is 1. The highest BCUT2D eigenvalue weighted by atomic mass is 16.6. The zero-order chi connectivity index (χ0) is 15.9. The van der Waals surface area contributed by atoms with Crippen LogP contribution in [0.1, 0.15) is 26.7 Å². The van der Waals surface area contributed by atoms with Crippen molar-refractivity contribution in [1.82, 2.24) is 9.55 Å². The summed E-state index contributed by atoms with van der Waals surface area (Å²) in [4.78, 5) is 16.5. The molecule has 22 heavy (non-hydrogen) atoms. The number of oxazole rings is 1. The Labute approximate surface area is 128 Å². The summed E-state index contributed by atoms with van der Waals surface area (Å²) in [6, 6.07) is 7.64. The molecule has 0 aliphatic carbocycles. The first-order chi connectivity index (χ1) is 10.3. The number of fused-ring (bicyclic) bond motifs is 1. The topological polar surface area (TPSA) is 57.3 Å². The molecule has 5 heteroatoms. The molecule has 0 atom stereocenters. The van der Waals surface area contributed by atoms with Crippen LogP contribution in [0.3, 0.4) is 0 Å². The highest BCUT2D eigenvalue weighted by Crippen LogP contribution is 2.31. The molecule has 0 aliphatic rings. The molecule has 0 radical (unpaired) electrons. The van der Waals surface area contributed by atoms with E-state index in [1.165, 1.54) is 4.57 Å². The molecule has 0 amide bonds. The van der Waals surface area contributed by atoms with Crippen molar-refractivity contribution in [1.29, 1.82) is 0 Å². The summed E-state index contributed by atoms with van der Waals surface area (Å²) in [6.45, 7) is 7.32. The lowest BCUT2D eigenvalue weighted by Crippen LogP contribution is -2.26. The number of rotatable bonds is 1. The van der Waals surface area contributed by atoms with E-state index < -0.39 is 11.7 Å². The quantitative estimate of drug-likeness (QED) is 0.668. The summed E-state index contributed by atoms with van der Waals surface area (Å²) in [5, 5.41) is 0.921. The highest BCUT2D eigenvalue weighted by molar-refractivity contribution is 5.99. The van der Waals surface area contributed by atoms with Crippen LogP contribution in [0, 0.1) is 6.92 Å². The van der Waals surface area contributed by atoms with Gasteiger partial charge in [0.2, 0.25) is 0 Å². The fourth-order valence-electron chi connectivity index (χ4n) is 2.32. The Balaban J connectivity index is 2.14. The summed E-state index contributed by atoms with van der Waals surface area (Å²) in [5.74, 6) is 1.22. The third-order valence-corrected chi connectivity index (χ3v) is 3.19. The van der Waals surface area contributed by atoms with Crippen LogP contribution in [0.5, 0.6) is 0 Å². The number of carbonyl (C=O) groups is 1. The van der Waals surface area contributed by atoms with E-state index in [1.54, 1.807) is 19.3 Å². The number of para-hydroxylation sites is 1. The van der Waals surface area contributed by atoms with Crippen LogP contribution in [-0.2, 0) is 4.74 Å². The van der Waals surface area contributed by atoms with Gasteiger partial charge in [0.1, 0.15) is 5.60 Å². The summed E-state index contributed by atoms with van der Waals surface area (Å²) >= 11 is 0. The van der Waals surface area contributed by atoms with Gasteiger partial charge in [0.05, 0.1) is 11.7 Å². The van der Waals surface area contributed by atoms with E-state index in [2.05, 4.69) is 4.98 Å². The standard InChI is InChI=1S/C17H18N2O3/c1-11-18-9-15(21-11)13-10-19(16(20)22-17(2,3)4)14-8-6-5-7-12(13)14/h5-10H,1-4H3. The largest absolute Gasteiger partial charge is 0.443 e. The fraction of sp³-hybridized carbons (Fsp3) is 0.294. The molecule has 0 saturated carbocycles. The van der Waals surface area contributed by atoms with Gasteiger partial charge in [-0.1, -0.05) is 18.2 Å². The van der Waals surface area contributed by atoms with Crippen molar-refractivity contribution >= 4 is 17.0 Å². The predicted octanol–water partition coefficient (Wildman–Crippen LogP) is 4.39. The van der Waals surface area contributed by atoms with Gasteiger partial charge in [-0.05, 0) is 26.8 Å². The zero-order valence-corrected chi connectivity index (χ0v) is 13.1. The third-order valence-electron chi connectivity index (χ3n) is 3.19. The van der Waals surface area contributed by atoms with Crippen LogP contribution in [0.15, 0.2) is 41.1 Å². The van der Waals surface area contributed by atoms with Crippen LogP contribution in [0.2, 0.25) is 0 Å². The number of aryl methyl sites for hydroxylation is 1. The van der Waals surface area contributed by atoms with Crippen LogP contribution in [0.4, 0.5) is 4.79 Å². The lowest BCUT2D eigenvalue weighted by molar-refractivity contribution is 0.0544. The van der Waals surface area contributed by atoms with Crippen molar-refractivity contribution in [2.24, 2.45) is 0 Å². The average molecular weight is 298 g/mol. The summed E-state index contributed by atoms with van der Waals surface area (Å²) in [5.41, 5.74) is 1.05. The van der Waals surface area contributed by atoms with Gasteiger partial charge in [0.25, 0.3) is 0 Å². The molecule has 0 fully saturated rings. The fourth-order valence-corrected chi connectivity index (χ4v) is 2.32. The number of hydrogen-bond donors (Lipinski definition) is 0. The third kappa shape index (κ3) is 2.62. The number of hydrogen-bond acceptors (Lipinski definition) is 4. The minimum atomic E-state index is -0.550. The Kier molecular flexibility index (Phi) is 3.28. The van der Waals surface area contributed by atoms with Crippen molar-refractivity contribution in [3.63, 3.8) is 0 Å². The Morgan fingerprint density at radius 1 is 1.27 bits per heavy atom. The first-order valence-corrected chi connectivity index (χ1v) is 7.11. The van der Waals surface area contributed by atoms with Crippen LogP contribution >= 0.6 is 0 Å². The molecular weight excluding hydrogens is 280 g/mol. The summed E-state index contributed by atoms with van der Waals surface area (Å²) in [6.07, 6.45) is 2.99. The maximum absolute atomic E-state index is 12.4. The minimum Gasteiger partial charge on any atom is -0.443 e. The second-order valence-electron chi connectivity index (χ2n) is 6.15. The molecule has 0 bridgehead atoms. The van der Waals surface area contributed by atoms with Crippen molar-refractivity contribution in [2.75, 3.05) is 0 Å². The van der Waals surface area contributed by atoms with Crippen LogP contribution in [-0.4, -0.2) is 21.2 Å². The van der Waals surface area contributed by atoms with Crippen LogP contribution in [0.25, 0.3) is 22.2 Å². The smallest absolute Gasteiger partial charge is 0.419 e. The number of nitrogens with zero attached hydrogens (tertiary/aromatic N) is 2.